The van der Waals surface area contributed by atoms with Crippen LogP contribution >= 0.6 is 0 Å². The van der Waals surface area contributed by atoms with E-state index in [4.69, 9.17) is 5.84 Å². The van der Waals surface area contributed by atoms with Gasteiger partial charge in [0.05, 0.1) is 17.1 Å². The van der Waals surface area contributed by atoms with Crippen molar-refractivity contribution in [1.29, 1.82) is 0 Å². The molecular weight excluding hydrogens is 438 g/mol. The molecule has 0 saturated heterocycles. The fourth-order valence-corrected chi connectivity index (χ4v) is 3.38. The highest BCUT2D eigenvalue weighted by molar-refractivity contribution is 7.90. The second-order valence-corrected chi connectivity index (χ2v) is 8.76. The number of benzene rings is 2. The van der Waals surface area contributed by atoms with Crippen molar-refractivity contribution < 1.29 is 27.9 Å². The second-order valence-electron chi connectivity index (χ2n) is 6.74. The first-order chi connectivity index (χ1) is 15.1. The summed E-state index contributed by atoms with van der Waals surface area (Å²) in [7, 11) is -3.46. The third kappa shape index (κ3) is 7.49. The van der Waals surface area contributed by atoms with Gasteiger partial charge in [-0.1, -0.05) is 18.2 Å². The molecule has 0 aliphatic carbocycles. The molecule has 0 aliphatic rings. The minimum Gasteiger partial charge on any atom is -0.480 e. The summed E-state index contributed by atoms with van der Waals surface area (Å²) < 4.78 is 23.4. The van der Waals surface area contributed by atoms with E-state index in [-0.39, 0.29) is 16.9 Å². The first-order valence-electron chi connectivity index (χ1n) is 9.28. The Bertz CT molecular complexity index is 1130. The van der Waals surface area contributed by atoms with Gasteiger partial charge >= 0.3 is 5.97 Å². The Labute approximate surface area is 184 Å². The van der Waals surface area contributed by atoms with E-state index in [1.807, 2.05) is 0 Å². The van der Waals surface area contributed by atoms with Gasteiger partial charge < -0.3 is 21.2 Å². The summed E-state index contributed by atoms with van der Waals surface area (Å²) in [5.41, 5.74) is 3.37. The van der Waals surface area contributed by atoms with Crippen LogP contribution in [0.5, 0.6) is 0 Å². The van der Waals surface area contributed by atoms with Gasteiger partial charge in [-0.25, -0.2) is 24.0 Å². The number of carboxylic acid groups (broad SMARTS) is 1. The summed E-state index contributed by atoms with van der Waals surface area (Å²) in [4.78, 5) is 40.0. The summed E-state index contributed by atoms with van der Waals surface area (Å²) >= 11 is 0. The molecule has 1 atom stereocenters. The molecule has 0 heterocycles. The number of carboxylic acids is 1. The average molecular weight is 462 g/mol. The van der Waals surface area contributed by atoms with Crippen LogP contribution in [0.3, 0.4) is 0 Å². The highest BCUT2D eigenvalue weighted by Gasteiger charge is 2.21. The van der Waals surface area contributed by atoms with Crippen molar-refractivity contribution in [2.75, 3.05) is 12.8 Å². The van der Waals surface area contributed by atoms with Gasteiger partial charge in [0, 0.05) is 18.2 Å². The first kappa shape index (κ1) is 24.5. The second kappa shape index (κ2) is 11.0. The fourth-order valence-electron chi connectivity index (χ4n) is 2.69. The van der Waals surface area contributed by atoms with Crippen molar-refractivity contribution in [3.63, 3.8) is 0 Å². The summed E-state index contributed by atoms with van der Waals surface area (Å²) in [5.74, 6) is 2.54. The molecule has 1 unspecified atom stereocenters. The van der Waals surface area contributed by atoms with Crippen molar-refractivity contribution in [2.45, 2.75) is 17.4 Å². The fraction of sp³-hybridized carbons (Fsp3) is 0.200. The molecular formula is C20H23N5O6S. The van der Waals surface area contributed by atoms with E-state index >= 15 is 0 Å². The molecule has 2 aromatic carbocycles. The van der Waals surface area contributed by atoms with E-state index in [2.05, 4.69) is 21.1 Å². The molecule has 2 rings (SSSR count). The number of nitrogens with two attached hydrogens (primary N) is 1. The molecule has 0 aliphatic heterocycles. The molecule has 2 amide bonds. The van der Waals surface area contributed by atoms with E-state index in [0.29, 0.717) is 11.3 Å². The minimum atomic E-state index is -3.46. The topological polar surface area (TPSA) is 180 Å². The predicted octanol–water partition coefficient (Wildman–Crippen LogP) is -0.245. The highest BCUT2D eigenvalue weighted by atomic mass is 32.2. The van der Waals surface area contributed by atoms with Gasteiger partial charge in [-0.2, -0.15) is 0 Å². The van der Waals surface area contributed by atoms with E-state index in [0.717, 1.165) is 6.26 Å². The Morgan fingerprint density at radius 1 is 1.16 bits per heavy atom. The lowest BCUT2D eigenvalue weighted by Gasteiger charge is -2.15. The Hall–Kier alpha value is -3.77. The Balaban J connectivity index is 1.98. The molecule has 11 nitrogen and oxygen atoms in total. The van der Waals surface area contributed by atoms with Crippen LogP contribution in [0.1, 0.15) is 15.9 Å². The zero-order valence-corrected chi connectivity index (χ0v) is 17.9. The lowest BCUT2D eigenvalue weighted by atomic mass is 10.1. The van der Waals surface area contributed by atoms with Crippen LogP contribution in [0.2, 0.25) is 0 Å². The number of nitrogens with zero attached hydrogens (tertiary/aromatic N) is 1. The van der Waals surface area contributed by atoms with Crippen molar-refractivity contribution in [2.24, 2.45) is 10.8 Å². The van der Waals surface area contributed by atoms with Crippen LogP contribution in [0.4, 0.5) is 5.69 Å². The lowest BCUT2D eigenvalue weighted by Crippen LogP contribution is -2.46. The van der Waals surface area contributed by atoms with Crippen LogP contribution in [-0.4, -0.2) is 56.5 Å². The number of carbonyl (C=O) groups excluding carboxylic acids is 2. The molecule has 0 radical (unpaired) electrons. The number of aliphatic carboxylic acids is 1. The number of nitrogens with one attached hydrogen (secondary N) is 3. The van der Waals surface area contributed by atoms with Gasteiger partial charge in [-0.3, -0.25) is 9.59 Å². The van der Waals surface area contributed by atoms with Crippen molar-refractivity contribution in [1.82, 2.24) is 16.1 Å². The molecule has 0 spiro atoms. The first-order valence-corrected chi connectivity index (χ1v) is 11.2. The van der Waals surface area contributed by atoms with E-state index in [1.165, 1.54) is 36.7 Å². The molecule has 0 bridgehead atoms. The summed E-state index contributed by atoms with van der Waals surface area (Å²) in [6.45, 7) is -0.455. The van der Waals surface area contributed by atoms with Crippen LogP contribution in [0.15, 0.2) is 58.4 Å². The molecule has 170 valence electrons. The van der Waals surface area contributed by atoms with Crippen LogP contribution in [0, 0.1) is 0 Å². The normalized spacial score (nSPS) is 12.2. The van der Waals surface area contributed by atoms with Crippen LogP contribution < -0.4 is 21.9 Å². The monoisotopic (exact) mass is 461 g/mol. The maximum Gasteiger partial charge on any atom is 0.326 e. The predicted molar refractivity (Wildman–Crippen MR) is 117 cm³/mol. The summed E-state index contributed by atoms with van der Waals surface area (Å²) in [5, 5.41) is 14.1. The number of sulfone groups is 1. The number of hydrazine groups is 1. The average Bonchev–Trinajstić information content (AvgIpc) is 2.75. The van der Waals surface area contributed by atoms with Gasteiger partial charge in [0.15, 0.2) is 9.84 Å². The molecule has 0 aromatic heterocycles. The quantitative estimate of drug-likeness (QED) is 0.139. The van der Waals surface area contributed by atoms with E-state index < -0.39 is 40.2 Å². The Morgan fingerprint density at radius 2 is 1.88 bits per heavy atom. The maximum absolute atomic E-state index is 12.3. The third-order valence-electron chi connectivity index (χ3n) is 4.21. The van der Waals surface area contributed by atoms with Gasteiger partial charge in [-0.05, 0) is 35.9 Å². The minimum absolute atomic E-state index is 0.0477. The van der Waals surface area contributed by atoms with Gasteiger partial charge in [0.1, 0.15) is 12.4 Å². The van der Waals surface area contributed by atoms with Crippen LogP contribution in [0.25, 0.3) is 0 Å². The van der Waals surface area contributed by atoms with E-state index in [1.54, 1.807) is 18.2 Å². The Morgan fingerprint density at radius 3 is 2.53 bits per heavy atom. The number of hydrogen-bond donors (Lipinski definition) is 5. The molecule has 2 aromatic rings. The molecule has 12 heteroatoms. The highest BCUT2D eigenvalue weighted by Crippen LogP contribution is 2.14. The standard InChI is InChI=1S/C20H23N5O6S/c1-32(30,31)16-7-2-4-13(8-16)9-17(20(28)29)25-18(26)11-22-19(27)14-5-3-6-15(10-14)23-12-24-21/h2-8,10,12,17H,9,11,21H2,1H3,(H,22,27)(H,23,24)(H,25,26)(H,28,29). The largest absolute Gasteiger partial charge is 0.480 e. The lowest BCUT2D eigenvalue weighted by molar-refractivity contribution is -0.141. The summed E-state index contributed by atoms with van der Waals surface area (Å²) in [6.07, 6.45) is 2.15. The smallest absolute Gasteiger partial charge is 0.326 e. The van der Waals surface area contributed by atoms with Gasteiger partial charge in [-0.15, -0.1) is 0 Å². The maximum atomic E-state index is 12.3. The SMILES string of the molecule is CS(=O)(=O)c1cccc(CC(NC(=O)CNC(=O)c2cccc(N=CNN)c2)C(=O)O)c1. The van der Waals surface area contributed by atoms with E-state index in [9.17, 15) is 27.9 Å². The van der Waals surface area contributed by atoms with Crippen molar-refractivity contribution in [3.05, 3.63) is 59.7 Å². The van der Waals surface area contributed by atoms with Gasteiger partial charge in [0.25, 0.3) is 5.91 Å². The summed E-state index contributed by atoms with van der Waals surface area (Å²) in [6, 6.07) is 10.8. The van der Waals surface area contributed by atoms with Gasteiger partial charge in [0.2, 0.25) is 5.91 Å². The zero-order valence-electron chi connectivity index (χ0n) is 17.1. The molecule has 0 saturated carbocycles. The number of carbonyl (C=O) groups is 3. The van der Waals surface area contributed by atoms with Crippen LogP contribution in [-0.2, 0) is 25.8 Å². The number of rotatable bonds is 10. The number of aliphatic imine (C=N–C) groups is 1. The van der Waals surface area contributed by atoms with Crippen molar-refractivity contribution >= 4 is 39.6 Å². The zero-order chi connectivity index (χ0) is 23.7. The number of hydrogen-bond acceptors (Lipinski definition) is 7. The Kier molecular flexibility index (Phi) is 8.44. The number of amides is 2. The van der Waals surface area contributed by atoms with Crippen molar-refractivity contribution in [3.8, 4) is 0 Å². The molecule has 6 N–H and O–H groups in total. The third-order valence-corrected chi connectivity index (χ3v) is 5.32. The molecule has 32 heavy (non-hydrogen) atoms. The molecule has 0 fully saturated rings.